The number of carbonyl (C=O) groups is 1. The Labute approximate surface area is 129 Å². The first-order chi connectivity index (χ1) is 9.45. The zero-order chi connectivity index (χ0) is 14.8. The number of primary amides is 1. The van der Waals surface area contributed by atoms with E-state index in [0.29, 0.717) is 15.6 Å². The van der Waals surface area contributed by atoms with Crippen LogP contribution in [-0.4, -0.2) is 11.9 Å². The fraction of sp³-hybridized carbons (Fsp3) is 0.533. The Hall–Kier alpha value is -0.770. The van der Waals surface area contributed by atoms with Crippen molar-refractivity contribution in [2.75, 3.05) is 0 Å². The van der Waals surface area contributed by atoms with Crippen molar-refractivity contribution >= 4 is 29.1 Å². The average molecular weight is 315 g/mol. The molecule has 110 valence electrons. The van der Waals surface area contributed by atoms with Gasteiger partial charge in [0.05, 0.1) is 10.0 Å². The first kappa shape index (κ1) is 15.6. The fourth-order valence-corrected chi connectivity index (χ4v) is 3.32. The van der Waals surface area contributed by atoms with Gasteiger partial charge in [-0.25, -0.2) is 0 Å². The quantitative estimate of drug-likeness (QED) is 0.891. The van der Waals surface area contributed by atoms with Crippen molar-refractivity contribution in [3.05, 3.63) is 33.8 Å². The number of carbonyl (C=O) groups excluding carboxylic acids is 1. The molecule has 1 fully saturated rings. The molecule has 2 rings (SSSR count). The molecule has 0 aliphatic heterocycles. The van der Waals surface area contributed by atoms with E-state index in [1.54, 1.807) is 25.1 Å². The van der Waals surface area contributed by atoms with E-state index in [1.165, 1.54) is 19.3 Å². The Morgan fingerprint density at radius 1 is 1.30 bits per heavy atom. The number of halogens is 2. The molecule has 1 aliphatic rings. The molecule has 0 heterocycles. The molecule has 0 aromatic heterocycles. The summed E-state index contributed by atoms with van der Waals surface area (Å²) in [5.41, 5.74) is 5.28. The lowest BCUT2D eigenvalue weighted by Gasteiger charge is -2.35. The molecular weight excluding hydrogens is 295 g/mol. The second-order valence-corrected chi connectivity index (χ2v) is 6.36. The summed E-state index contributed by atoms with van der Waals surface area (Å²) in [7, 11) is 0. The standard InChI is InChI=1S/C15H20Cl2N2O/c1-15(14(18)20,19-10-6-3-2-4-7-10)11-8-5-9-12(16)13(11)17/h5,8-10,19H,2-4,6-7H2,1H3,(H2,18,20). The number of hydrogen-bond donors (Lipinski definition) is 2. The molecule has 0 saturated heterocycles. The number of rotatable bonds is 4. The van der Waals surface area contributed by atoms with Crippen molar-refractivity contribution in [2.45, 2.75) is 50.6 Å². The van der Waals surface area contributed by atoms with Crippen LogP contribution in [-0.2, 0) is 10.3 Å². The van der Waals surface area contributed by atoms with Crippen LogP contribution in [0, 0.1) is 0 Å². The van der Waals surface area contributed by atoms with Crippen molar-refractivity contribution in [3.63, 3.8) is 0 Å². The summed E-state index contributed by atoms with van der Waals surface area (Å²) in [4.78, 5) is 12.0. The summed E-state index contributed by atoms with van der Waals surface area (Å²) < 4.78 is 0. The molecular formula is C15H20Cl2N2O. The number of amides is 1. The smallest absolute Gasteiger partial charge is 0.242 e. The normalized spacial score (nSPS) is 19.6. The van der Waals surface area contributed by atoms with Crippen LogP contribution in [0.1, 0.15) is 44.6 Å². The molecule has 1 aromatic carbocycles. The maximum absolute atomic E-state index is 12.0. The van der Waals surface area contributed by atoms with Gasteiger partial charge >= 0.3 is 0 Å². The van der Waals surface area contributed by atoms with E-state index in [-0.39, 0.29) is 6.04 Å². The minimum absolute atomic E-state index is 0.288. The summed E-state index contributed by atoms with van der Waals surface area (Å²) in [6.45, 7) is 1.78. The molecule has 1 saturated carbocycles. The third-order valence-corrected chi connectivity index (χ3v) is 4.90. The molecule has 3 N–H and O–H groups in total. The molecule has 1 aliphatic carbocycles. The molecule has 20 heavy (non-hydrogen) atoms. The lowest BCUT2D eigenvalue weighted by atomic mass is 9.87. The van der Waals surface area contributed by atoms with Gasteiger partial charge < -0.3 is 5.73 Å². The van der Waals surface area contributed by atoms with Gasteiger partial charge in [-0.05, 0) is 25.8 Å². The molecule has 1 atom stereocenters. The largest absolute Gasteiger partial charge is 0.368 e. The second kappa shape index (κ2) is 6.33. The van der Waals surface area contributed by atoms with E-state index in [2.05, 4.69) is 5.32 Å². The average Bonchev–Trinajstić information content (AvgIpc) is 2.42. The zero-order valence-corrected chi connectivity index (χ0v) is 13.1. The fourth-order valence-electron chi connectivity index (χ4n) is 2.83. The summed E-state index contributed by atoms with van der Waals surface area (Å²) in [5, 5.41) is 4.22. The van der Waals surface area contributed by atoms with Gasteiger partial charge in [-0.15, -0.1) is 0 Å². The van der Waals surface area contributed by atoms with Crippen LogP contribution in [0.5, 0.6) is 0 Å². The molecule has 0 spiro atoms. The highest BCUT2D eigenvalue weighted by atomic mass is 35.5. The van der Waals surface area contributed by atoms with Crippen LogP contribution in [0.3, 0.4) is 0 Å². The Bertz CT molecular complexity index is 501. The van der Waals surface area contributed by atoms with Gasteiger partial charge in [0.25, 0.3) is 0 Å². The highest BCUT2D eigenvalue weighted by Gasteiger charge is 2.37. The van der Waals surface area contributed by atoms with Crippen LogP contribution < -0.4 is 11.1 Å². The van der Waals surface area contributed by atoms with Crippen molar-refractivity contribution in [1.29, 1.82) is 0 Å². The molecule has 5 heteroatoms. The van der Waals surface area contributed by atoms with Crippen molar-refractivity contribution < 1.29 is 4.79 Å². The first-order valence-electron chi connectivity index (χ1n) is 6.97. The SMILES string of the molecule is CC(NC1CCCCC1)(C(N)=O)c1cccc(Cl)c1Cl. The molecule has 1 unspecified atom stereocenters. The van der Waals surface area contributed by atoms with E-state index in [0.717, 1.165) is 12.8 Å². The van der Waals surface area contributed by atoms with E-state index < -0.39 is 11.4 Å². The topological polar surface area (TPSA) is 55.1 Å². The number of nitrogens with two attached hydrogens (primary N) is 1. The lowest BCUT2D eigenvalue weighted by molar-refractivity contribution is -0.124. The minimum atomic E-state index is -0.996. The number of benzene rings is 1. The van der Waals surface area contributed by atoms with Gasteiger partial charge in [0.2, 0.25) is 5.91 Å². The number of hydrogen-bond acceptors (Lipinski definition) is 2. The Morgan fingerprint density at radius 3 is 2.55 bits per heavy atom. The Morgan fingerprint density at radius 2 is 1.95 bits per heavy atom. The number of nitrogens with one attached hydrogen (secondary N) is 1. The molecule has 1 aromatic rings. The predicted molar refractivity (Wildman–Crippen MR) is 83.0 cm³/mol. The maximum Gasteiger partial charge on any atom is 0.242 e. The maximum atomic E-state index is 12.0. The molecule has 3 nitrogen and oxygen atoms in total. The van der Waals surface area contributed by atoms with Gasteiger partial charge in [0.15, 0.2) is 0 Å². The van der Waals surface area contributed by atoms with Crippen LogP contribution in [0.25, 0.3) is 0 Å². The molecule has 0 radical (unpaired) electrons. The summed E-state index contributed by atoms with van der Waals surface area (Å²) in [5.74, 6) is -0.438. The Kier molecular flexibility index (Phi) is 4.95. The van der Waals surface area contributed by atoms with Crippen molar-refractivity contribution in [2.24, 2.45) is 5.73 Å². The second-order valence-electron chi connectivity index (χ2n) is 5.57. The minimum Gasteiger partial charge on any atom is -0.368 e. The van der Waals surface area contributed by atoms with E-state index in [4.69, 9.17) is 28.9 Å². The van der Waals surface area contributed by atoms with Crippen LogP contribution in [0.2, 0.25) is 10.0 Å². The van der Waals surface area contributed by atoms with E-state index >= 15 is 0 Å². The van der Waals surface area contributed by atoms with Crippen molar-refractivity contribution in [3.8, 4) is 0 Å². The predicted octanol–water partition coefficient (Wildman–Crippen LogP) is 3.62. The molecule has 1 amide bonds. The summed E-state index contributed by atoms with van der Waals surface area (Å²) >= 11 is 12.3. The third-order valence-electron chi connectivity index (χ3n) is 4.08. The summed E-state index contributed by atoms with van der Waals surface area (Å²) in [6.07, 6.45) is 5.72. The third kappa shape index (κ3) is 3.11. The van der Waals surface area contributed by atoms with E-state index in [9.17, 15) is 4.79 Å². The van der Waals surface area contributed by atoms with Crippen molar-refractivity contribution in [1.82, 2.24) is 5.32 Å². The van der Waals surface area contributed by atoms with Gasteiger partial charge in [0, 0.05) is 11.6 Å². The lowest BCUT2D eigenvalue weighted by Crippen LogP contribution is -2.54. The van der Waals surface area contributed by atoms with Crippen LogP contribution >= 0.6 is 23.2 Å². The highest BCUT2D eigenvalue weighted by molar-refractivity contribution is 6.42. The highest BCUT2D eigenvalue weighted by Crippen LogP contribution is 2.34. The molecule has 0 bridgehead atoms. The van der Waals surface area contributed by atoms with Gasteiger partial charge in [-0.1, -0.05) is 54.6 Å². The van der Waals surface area contributed by atoms with Gasteiger partial charge in [-0.3, -0.25) is 10.1 Å². The van der Waals surface area contributed by atoms with Crippen LogP contribution in [0.4, 0.5) is 0 Å². The van der Waals surface area contributed by atoms with E-state index in [1.807, 2.05) is 0 Å². The van der Waals surface area contributed by atoms with Gasteiger partial charge in [-0.2, -0.15) is 0 Å². The van der Waals surface area contributed by atoms with Crippen LogP contribution in [0.15, 0.2) is 18.2 Å². The zero-order valence-electron chi connectivity index (χ0n) is 11.6. The first-order valence-corrected chi connectivity index (χ1v) is 7.73. The Balaban J connectivity index is 2.33. The van der Waals surface area contributed by atoms with Gasteiger partial charge in [0.1, 0.15) is 5.54 Å². The summed E-state index contributed by atoms with van der Waals surface area (Å²) in [6, 6.07) is 5.58. The monoisotopic (exact) mass is 314 g/mol.